The molecule has 0 unspecified atom stereocenters. The van der Waals surface area contributed by atoms with Gasteiger partial charge in [-0.05, 0) is 73.6 Å². The van der Waals surface area contributed by atoms with Crippen molar-refractivity contribution in [2.24, 2.45) is 0 Å². The van der Waals surface area contributed by atoms with Crippen LogP contribution >= 0.6 is 0 Å². The van der Waals surface area contributed by atoms with Gasteiger partial charge in [-0.25, -0.2) is 0 Å². The average Bonchev–Trinajstić information content (AvgIpc) is 3.00. The number of nitrogens with zero attached hydrogens (tertiary/aromatic N) is 1. The number of Topliss-reactive ketones (excluding diaryl/α,β-unsaturated/α-hetero) is 1. The molecule has 2 heteroatoms. The van der Waals surface area contributed by atoms with Gasteiger partial charge in [0.2, 0.25) is 0 Å². The van der Waals surface area contributed by atoms with Crippen molar-refractivity contribution in [3.05, 3.63) is 59.2 Å². The normalized spacial score (nSPS) is 16.7. The van der Waals surface area contributed by atoms with E-state index in [4.69, 9.17) is 0 Å². The number of likely N-dealkylation sites (tertiary alicyclic amines) is 1. The molecule has 0 saturated carbocycles. The molecule has 0 atom stereocenters. The molecule has 1 aliphatic heterocycles. The fourth-order valence-corrected chi connectivity index (χ4v) is 4.11. The highest BCUT2D eigenvalue weighted by molar-refractivity contribution is 5.97. The summed E-state index contributed by atoms with van der Waals surface area (Å²) in [4.78, 5) is 15.1. The Kier molecular flexibility index (Phi) is 4.48. The van der Waals surface area contributed by atoms with Crippen molar-refractivity contribution in [2.45, 2.75) is 38.5 Å². The summed E-state index contributed by atoms with van der Waals surface area (Å²) in [6, 6.07) is 14.8. The molecule has 2 aliphatic rings. The highest BCUT2D eigenvalue weighted by atomic mass is 16.1. The van der Waals surface area contributed by atoms with Crippen LogP contribution in [0.4, 0.5) is 0 Å². The summed E-state index contributed by atoms with van der Waals surface area (Å²) in [6.45, 7) is 3.50. The van der Waals surface area contributed by atoms with Gasteiger partial charge in [0.05, 0.1) is 0 Å². The number of rotatable bonds is 5. The van der Waals surface area contributed by atoms with Gasteiger partial charge in [-0.3, -0.25) is 4.79 Å². The van der Waals surface area contributed by atoms with E-state index in [-0.39, 0.29) is 0 Å². The Labute approximate surface area is 144 Å². The van der Waals surface area contributed by atoms with E-state index in [1.165, 1.54) is 54.6 Å². The van der Waals surface area contributed by atoms with Gasteiger partial charge >= 0.3 is 0 Å². The smallest absolute Gasteiger partial charge is 0.162 e. The van der Waals surface area contributed by atoms with E-state index in [1.54, 1.807) is 0 Å². The Morgan fingerprint density at radius 1 is 0.917 bits per heavy atom. The van der Waals surface area contributed by atoms with E-state index in [0.717, 1.165) is 24.9 Å². The Morgan fingerprint density at radius 3 is 2.58 bits per heavy atom. The summed E-state index contributed by atoms with van der Waals surface area (Å²) in [5.74, 6) is 0.297. The molecule has 1 heterocycles. The Hall–Kier alpha value is -1.93. The Balaban J connectivity index is 1.38. The molecule has 0 N–H and O–H groups in total. The van der Waals surface area contributed by atoms with Crippen LogP contribution in [0, 0.1) is 0 Å². The fourth-order valence-electron chi connectivity index (χ4n) is 4.11. The third-order valence-electron chi connectivity index (χ3n) is 5.44. The summed E-state index contributed by atoms with van der Waals surface area (Å²) in [5, 5.41) is 0. The van der Waals surface area contributed by atoms with Crippen LogP contribution in [0.1, 0.15) is 53.6 Å². The zero-order valence-electron chi connectivity index (χ0n) is 14.3. The highest BCUT2D eigenvalue weighted by Gasteiger charge is 2.19. The van der Waals surface area contributed by atoms with E-state index in [1.807, 2.05) is 6.07 Å². The third kappa shape index (κ3) is 3.16. The van der Waals surface area contributed by atoms with Crippen LogP contribution < -0.4 is 0 Å². The minimum absolute atomic E-state index is 0.297. The molecular weight excluding hydrogens is 294 g/mol. The maximum atomic E-state index is 12.5. The van der Waals surface area contributed by atoms with Crippen LogP contribution in [0.3, 0.4) is 0 Å². The van der Waals surface area contributed by atoms with E-state index in [0.29, 0.717) is 12.2 Å². The maximum absolute atomic E-state index is 12.5. The predicted octanol–water partition coefficient (Wildman–Crippen LogP) is 4.71. The Morgan fingerprint density at radius 2 is 1.71 bits per heavy atom. The first-order chi connectivity index (χ1) is 11.8. The molecule has 0 bridgehead atoms. The van der Waals surface area contributed by atoms with Crippen LogP contribution in [0.25, 0.3) is 11.1 Å². The van der Waals surface area contributed by atoms with Gasteiger partial charge in [-0.1, -0.05) is 42.8 Å². The number of hydrogen-bond donors (Lipinski definition) is 0. The van der Waals surface area contributed by atoms with Gasteiger partial charge < -0.3 is 4.90 Å². The average molecular weight is 319 g/mol. The molecule has 1 saturated heterocycles. The molecule has 124 valence electrons. The van der Waals surface area contributed by atoms with Gasteiger partial charge in [0.1, 0.15) is 0 Å². The van der Waals surface area contributed by atoms with Crippen molar-refractivity contribution >= 4 is 5.78 Å². The first-order valence-corrected chi connectivity index (χ1v) is 9.28. The number of carbonyl (C=O) groups is 1. The molecule has 1 aliphatic carbocycles. The first-order valence-electron chi connectivity index (χ1n) is 9.28. The van der Waals surface area contributed by atoms with E-state index >= 15 is 0 Å². The summed E-state index contributed by atoms with van der Waals surface area (Å²) in [6.07, 6.45) is 6.62. The van der Waals surface area contributed by atoms with E-state index < -0.39 is 0 Å². The highest BCUT2D eigenvalue weighted by Crippen LogP contribution is 2.36. The summed E-state index contributed by atoms with van der Waals surface area (Å²) < 4.78 is 0. The zero-order valence-corrected chi connectivity index (χ0v) is 14.3. The Bertz CT molecular complexity index is 743. The standard InChI is InChI=1S/C22H25NO/c24-22(9-6-14-23-12-4-1-5-13-23)18-10-11-21-19(16-18)15-17-7-2-3-8-20(17)21/h2-3,7-8,10-11,16H,1,4-6,9,12-15H2. The molecule has 1 fully saturated rings. The minimum atomic E-state index is 0.297. The molecular formula is C22H25NO. The number of benzene rings is 2. The van der Waals surface area contributed by atoms with Crippen LogP contribution in [0.2, 0.25) is 0 Å². The van der Waals surface area contributed by atoms with Crippen molar-refractivity contribution in [1.82, 2.24) is 4.90 Å². The van der Waals surface area contributed by atoms with Crippen molar-refractivity contribution in [3.63, 3.8) is 0 Å². The van der Waals surface area contributed by atoms with Crippen molar-refractivity contribution < 1.29 is 4.79 Å². The van der Waals surface area contributed by atoms with Crippen molar-refractivity contribution in [2.75, 3.05) is 19.6 Å². The summed E-state index contributed by atoms with van der Waals surface area (Å²) >= 11 is 0. The van der Waals surface area contributed by atoms with Gasteiger partial charge in [0.25, 0.3) is 0 Å². The predicted molar refractivity (Wildman–Crippen MR) is 98.5 cm³/mol. The number of carbonyl (C=O) groups excluding carboxylic acids is 1. The second-order valence-electron chi connectivity index (χ2n) is 7.13. The molecule has 0 aromatic heterocycles. The number of fused-ring (bicyclic) bond motifs is 3. The molecule has 0 spiro atoms. The lowest BCUT2D eigenvalue weighted by molar-refractivity contribution is 0.0973. The number of piperidine rings is 1. The lowest BCUT2D eigenvalue weighted by Crippen LogP contribution is -2.30. The van der Waals surface area contributed by atoms with Crippen LogP contribution in [0.15, 0.2) is 42.5 Å². The molecule has 2 aromatic rings. The SMILES string of the molecule is O=C(CCCN1CCCCC1)c1ccc2c(c1)Cc1ccccc1-2. The fraction of sp³-hybridized carbons (Fsp3) is 0.409. The summed E-state index contributed by atoms with van der Waals surface area (Å²) in [7, 11) is 0. The third-order valence-corrected chi connectivity index (χ3v) is 5.44. The topological polar surface area (TPSA) is 20.3 Å². The number of ketones is 1. The molecule has 4 rings (SSSR count). The van der Waals surface area contributed by atoms with E-state index in [2.05, 4.69) is 41.3 Å². The van der Waals surface area contributed by atoms with Crippen LogP contribution in [-0.2, 0) is 6.42 Å². The lowest BCUT2D eigenvalue weighted by Gasteiger charge is -2.26. The lowest BCUT2D eigenvalue weighted by atomic mass is 9.99. The largest absolute Gasteiger partial charge is 0.303 e. The van der Waals surface area contributed by atoms with Crippen molar-refractivity contribution in [3.8, 4) is 11.1 Å². The number of hydrogen-bond acceptors (Lipinski definition) is 2. The van der Waals surface area contributed by atoms with Crippen molar-refractivity contribution in [1.29, 1.82) is 0 Å². The molecule has 2 aromatic carbocycles. The molecule has 24 heavy (non-hydrogen) atoms. The molecule has 2 nitrogen and oxygen atoms in total. The van der Waals surface area contributed by atoms with Gasteiger partial charge in [-0.15, -0.1) is 0 Å². The molecule has 0 amide bonds. The summed E-state index contributed by atoms with van der Waals surface area (Å²) in [5.41, 5.74) is 6.20. The molecule has 0 radical (unpaired) electrons. The second kappa shape index (κ2) is 6.90. The minimum Gasteiger partial charge on any atom is -0.303 e. The monoisotopic (exact) mass is 319 g/mol. The maximum Gasteiger partial charge on any atom is 0.162 e. The quantitative estimate of drug-likeness (QED) is 0.635. The first kappa shape index (κ1) is 15.6. The van der Waals surface area contributed by atoms with E-state index in [9.17, 15) is 4.79 Å². The van der Waals surface area contributed by atoms with Crippen LogP contribution in [0.5, 0.6) is 0 Å². The second-order valence-corrected chi connectivity index (χ2v) is 7.13. The van der Waals surface area contributed by atoms with Gasteiger partial charge in [0.15, 0.2) is 5.78 Å². The van der Waals surface area contributed by atoms with Gasteiger partial charge in [0, 0.05) is 12.0 Å². The van der Waals surface area contributed by atoms with Gasteiger partial charge in [-0.2, -0.15) is 0 Å². The zero-order chi connectivity index (χ0) is 16.4. The van der Waals surface area contributed by atoms with Crippen LogP contribution in [-0.4, -0.2) is 30.3 Å².